The molecule has 1 aliphatic rings. The Morgan fingerprint density at radius 2 is 0.733 bits per heavy atom. The fraction of sp³-hybridized carbons (Fsp3) is 0.333. The van der Waals surface area contributed by atoms with Crippen LogP contribution in [-0.4, -0.2) is 72.4 Å². The first-order valence-electron chi connectivity index (χ1n) is 13.5. The molecule has 1 fully saturated rings. The Balaban J connectivity index is 1.52. The zero-order valence-corrected chi connectivity index (χ0v) is 26.0. The van der Waals surface area contributed by atoms with Gasteiger partial charge in [0.15, 0.2) is 0 Å². The third-order valence-corrected chi connectivity index (χ3v) is 10.0. The van der Waals surface area contributed by atoms with E-state index in [2.05, 4.69) is 16.0 Å². The maximum absolute atomic E-state index is 11.6. The van der Waals surface area contributed by atoms with Crippen LogP contribution >= 0.6 is 0 Å². The van der Waals surface area contributed by atoms with E-state index in [9.17, 15) is 54.2 Å². The summed E-state index contributed by atoms with van der Waals surface area (Å²) in [5.74, 6) is -0.588. The fourth-order valence-electron chi connectivity index (χ4n) is 5.17. The van der Waals surface area contributed by atoms with Crippen LogP contribution in [0.3, 0.4) is 0 Å². The largest absolute Gasteiger partial charge is 0.508 e. The van der Waals surface area contributed by atoms with E-state index < -0.39 is 45.0 Å². The monoisotopic (exact) mass is 687 g/mol. The number of nitrogens with one attached hydrogen (secondary N) is 3. The molecule has 246 valence electrons. The van der Waals surface area contributed by atoms with Crippen LogP contribution < -0.4 is 16.0 Å². The molecule has 0 spiro atoms. The average molecular weight is 688 g/mol. The third kappa shape index (κ3) is 9.35. The van der Waals surface area contributed by atoms with E-state index >= 15 is 0 Å². The van der Waals surface area contributed by atoms with Crippen LogP contribution in [0.4, 0.5) is 0 Å². The summed E-state index contributed by atoms with van der Waals surface area (Å²) < 4.78 is 97.6. The maximum Gasteiger partial charge on any atom is 0.294 e. The van der Waals surface area contributed by atoms with Crippen molar-refractivity contribution in [3.05, 3.63) is 71.3 Å². The van der Waals surface area contributed by atoms with Crippen molar-refractivity contribution in [2.45, 2.75) is 71.7 Å². The number of phenols is 3. The Bertz CT molecular complexity index is 1660. The van der Waals surface area contributed by atoms with Crippen molar-refractivity contribution in [3.8, 4) is 17.2 Å². The molecular formula is C27H33N3O12S3. The lowest BCUT2D eigenvalue weighted by Crippen LogP contribution is -2.50. The molecule has 0 saturated heterocycles. The molecule has 3 aromatic carbocycles. The molecule has 18 heteroatoms. The zero-order chi connectivity index (χ0) is 33.2. The summed E-state index contributed by atoms with van der Waals surface area (Å²) in [7, 11) is -13.5. The van der Waals surface area contributed by atoms with Gasteiger partial charge in [0.25, 0.3) is 30.4 Å². The Hall–Kier alpha value is -3.33. The van der Waals surface area contributed by atoms with Gasteiger partial charge in [-0.25, -0.2) is 0 Å². The minimum absolute atomic E-state index is 0.0215. The van der Waals surface area contributed by atoms with E-state index in [-0.39, 0.29) is 71.7 Å². The van der Waals surface area contributed by atoms with Crippen LogP contribution in [0, 0.1) is 0 Å². The summed E-state index contributed by atoms with van der Waals surface area (Å²) in [4.78, 5) is -1.17. The molecule has 9 N–H and O–H groups in total. The number of benzene rings is 3. The van der Waals surface area contributed by atoms with Gasteiger partial charge in [-0.1, -0.05) is 0 Å². The summed E-state index contributed by atoms with van der Waals surface area (Å²) in [6, 6.07) is 9.26. The molecular weight excluding hydrogens is 655 g/mol. The van der Waals surface area contributed by atoms with Gasteiger partial charge in [-0.15, -0.1) is 0 Å². The minimum atomic E-state index is -4.51. The molecule has 1 aliphatic carbocycles. The normalized spacial score (nSPS) is 19.4. The van der Waals surface area contributed by atoms with Crippen LogP contribution in [0.5, 0.6) is 17.2 Å². The smallest absolute Gasteiger partial charge is 0.294 e. The first kappa shape index (κ1) is 34.5. The van der Waals surface area contributed by atoms with Gasteiger partial charge in [-0.3, -0.25) is 13.7 Å². The van der Waals surface area contributed by atoms with Gasteiger partial charge < -0.3 is 31.3 Å². The summed E-state index contributed by atoms with van der Waals surface area (Å²) in [5.41, 5.74) is 0.635. The average Bonchev–Trinajstić information content (AvgIpc) is 2.94. The van der Waals surface area contributed by atoms with Crippen LogP contribution in [0.1, 0.15) is 36.0 Å². The molecule has 3 aromatic rings. The van der Waals surface area contributed by atoms with E-state index in [0.717, 1.165) is 54.6 Å². The molecule has 4 rings (SSSR count). The van der Waals surface area contributed by atoms with E-state index in [1.165, 1.54) is 0 Å². The highest BCUT2D eigenvalue weighted by Gasteiger charge is 2.29. The molecule has 1 saturated carbocycles. The van der Waals surface area contributed by atoms with Crippen molar-refractivity contribution in [1.29, 1.82) is 0 Å². The molecule has 0 aliphatic heterocycles. The molecule has 0 heterocycles. The molecule has 0 radical (unpaired) electrons. The SMILES string of the molecule is O=S(=O)(O)c1ccc(O)c(CNC2CC(NCc3cc(S(=O)(=O)O)ccc3O)CC(NCc3cc(S(=O)(=O)O)ccc3O)C2)c1. The van der Waals surface area contributed by atoms with Gasteiger partial charge in [0.05, 0.1) is 14.7 Å². The molecule has 0 bridgehead atoms. The van der Waals surface area contributed by atoms with Gasteiger partial charge >= 0.3 is 0 Å². The van der Waals surface area contributed by atoms with Gasteiger partial charge in [-0.05, 0) is 73.9 Å². The number of phenolic OH excluding ortho intramolecular Hbond substituents is 3. The fourth-order valence-corrected chi connectivity index (χ4v) is 6.77. The lowest BCUT2D eigenvalue weighted by molar-refractivity contribution is 0.245. The number of hydrogen-bond acceptors (Lipinski definition) is 12. The van der Waals surface area contributed by atoms with Crippen LogP contribution in [0.25, 0.3) is 0 Å². The number of rotatable bonds is 12. The Morgan fingerprint density at radius 1 is 0.489 bits per heavy atom. The third-order valence-electron chi connectivity index (χ3n) is 7.50. The Morgan fingerprint density at radius 3 is 0.956 bits per heavy atom. The highest BCUT2D eigenvalue weighted by Crippen LogP contribution is 2.27. The second-order valence-electron chi connectivity index (χ2n) is 10.7. The second kappa shape index (κ2) is 13.6. The van der Waals surface area contributed by atoms with E-state index in [0.29, 0.717) is 19.3 Å². The zero-order valence-electron chi connectivity index (χ0n) is 23.5. The van der Waals surface area contributed by atoms with Gasteiger partial charge in [0.1, 0.15) is 17.2 Å². The predicted molar refractivity (Wildman–Crippen MR) is 159 cm³/mol. The van der Waals surface area contributed by atoms with Crippen molar-refractivity contribution in [2.75, 3.05) is 0 Å². The standard InChI is InChI=1S/C27H33N3O12S3/c31-25-4-1-22(43(34,35)36)7-16(25)13-28-19-10-20(29-14-17-8-23(44(37,38)39)2-5-26(17)32)12-21(11-19)30-15-18-9-24(45(40,41)42)3-6-27(18)33/h1-9,19-21,28-33H,10-15H2,(H,34,35,36)(H,37,38,39)(H,40,41,42). The lowest BCUT2D eigenvalue weighted by atomic mass is 9.86. The van der Waals surface area contributed by atoms with E-state index in [1.54, 1.807) is 0 Å². The molecule has 15 nitrogen and oxygen atoms in total. The second-order valence-corrected chi connectivity index (χ2v) is 15.0. The van der Waals surface area contributed by atoms with Crippen LogP contribution in [0.15, 0.2) is 69.3 Å². The molecule has 0 unspecified atom stereocenters. The predicted octanol–water partition coefficient (Wildman–Crippen LogP) is 1.50. The summed E-state index contributed by atoms with van der Waals surface area (Å²) in [5, 5.41) is 40.5. The molecule has 0 aromatic heterocycles. The lowest BCUT2D eigenvalue weighted by Gasteiger charge is -2.37. The first-order valence-corrected chi connectivity index (χ1v) is 17.8. The van der Waals surface area contributed by atoms with E-state index in [4.69, 9.17) is 0 Å². The Kier molecular flexibility index (Phi) is 10.4. The quantitative estimate of drug-likeness (QED) is 0.122. The van der Waals surface area contributed by atoms with Crippen molar-refractivity contribution in [2.24, 2.45) is 0 Å². The highest BCUT2D eigenvalue weighted by atomic mass is 32.2. The number of hydrogen-bond donors (Lipinski definition) is 9. The molecule has 45 heavy (non-hydrogen) atoms. The topological polar surface area (TPSA) is 260 Å². The van der Waals surface area contributed by atoms with Crippen molar-refractivity contribution < 1.29 is 54.2 Å². The van der Waals surface area contributed by atoms with Gasteiger partial charge in [0, 0.05) is 54.5 Å². The highest BCUT2D eigenvalue weighted by molar-refractivity contribution is 7.86. The molecule has 0 amide bonds. The van der Waals surface area contributed by atoms with Crippen molar-refractivity contribution in [1.82, 2.24) is 16.0 Å². The number of aromatic hydroxyl groups is 3. The minimum Gasteiger partial charge on any atom is -0.508 e. The summed E-state index contributed by atoms with van der Waals surface area (Å²) in [6.07, 6.45) is 1.46. The first-order chi connectivity index (χ1) is 20.9. The van der Waals surface area contributed by atoms with Crippen LogP contribution in [-0.2, 0) is 50.0 Å². The van der Waals surface area contributed by atoms with Crippen molar-refractivity contribution >= 4 is 30.4 Å². The van der Waals surface area contributed by atoms with Gasteiger partial charge in [0.2, 0.25) is 0 Å². The molecule has 0 atom stereocenters. The summed E-state index contributed by atoms with van der Waals surface area (Å²) >= 11 is 0. The Labute approximate surface area is 260 Å². The maximum atomic E-state index is 11.6. The van der Waals surface area contributed by atoms with Crippen molar-refractivity contribution in [3.63, 3.8) is 0 Å². The van der Waals surface area contributed by atoms with E-state index in [1.807, 2.05) is 0 Å². The summed E-state index contributed by atoms with van der Waals surface area (Å²) in [6.45, 7) is 0.0645. The van der Waals surface area contributed by atoms with Crippen LogP contribution in [0.2, 0.25) is 0 Å². The van der Waals surface area contributed by atoms with Gasteiger partial charge in [-0.2, -0.15) is 25.3 Å².